The van der Waals surface area contributed by atoms with Gasteiger partial charge in [0.25, 0.3) is 5.69 Å². The molecule has 0 saturated carbocycles. The first-order chi connectivity index (χ1) is 16.3. The number of carbonyl (C=O) groups is 2. The monoisotopic (exact) mass is 504 g/mol. The Morgan fingerprint density at radius 1 is 1.11 bits per heavy atom. The summed E-state index contributed by atoms with van der Waals surface area (Å²) in [4.78, 5) is 38.5. The van der Waals surface area contributed by atoms with Crippen LogP contribution in [0.25, 0.3) is 0 Å². The number of nitrogens with zero attached hydrogens (tertiary/aromatic N) is 3. The summed E-state index contributed by atoms with van der Waals surface area (Å²) in [6.45, 7) is 6.77. The van der Waals surface area contributed by atoms with E-state index >= 15 is 0 Å². The summed E-state index contributed by atoms with van der Waals surface area (Å²) >= 11 is 0. The normalized spacial score (nSPS) is 12.2. The first-order valence-electron chi connectivity index (χ1n) is 11.2. The molecular formula is C24H32N4O6S. The smallest absolute Gasteiger partial charge is 0.271 e. The second kappa shape index (κ2) is 11.8. The molecule has 0 aliphatic heterocycles. The van der Waals surface area contributed by atoms with Crippen LogP contribution < -0.4 is 9.62 Å². The molecule has 0 bridgehead atoms. The second-order valence-electron chi connectivity index (χ2n) is 8.58. The molecule has 35 heavy (non-hydrogen) atoms. The van der Waals surface area contributed by atoms with Crippen LogP contribution in [0.1, 0.15) is 38.3 Å². The van der Waals surface area contributed by atoms with Gasteiger partial charge in [-0.05, 0) is 44.4 Å². The van der Waals surface area contributed by atoms with Crippen molar-refractivity contribution in [2.45, 2.75) is 52.7 Å². The molecule has 0 aliphatic rings. The van der Waals surface area contributed by atoms with Crippen LogP contribution in [0.15, 0.2) is 48.5 Å². The highest BCUT2D eigenvalue weighted by Gasteiger charge is 2.32. The number of hydrogen-bond acceptors (Lipinski definition) is 6. The maximum atomic E-state index is 13.6. The summed E-state index contributed by atoms with van der Waals surface area (Å²) in [6.07, 6.45) is 1.24. The lowest BCUT2D eigenvalue weighted by atomic mass is 10.1. The minimum absolute atomic E-state index is 0.00873. The van der Waals surface area contributed by atoms with Gasteiger partial charge in [0.1, 0.15) is 12.6 Å². The van der Waals surface area contributed by atoms with Crippen LogP contribution in [0.5, 0.6) is 0 Å². The topological polar surface area (TPSA) is 130 Å². The van der Waals surface area contributed by atoms with Gasteiger partial charge >= 0.3 is 0 Å². The van der Waals surface area contributed by atoms with Crippen LogP contribution in [0.3, 0.4) is 0 Å². The van der Waals surface area contributed by atoms with Crippen LogP contribution in [0.2, 0.25) is 0 Å². The number of nitro groups is 1. The maximum absolute atomic E-state index is 13.6. The van der Waals surface area contributed by atoms with Gasteiger partial charge in [0, 0.05) is 24.7 Å². The second-order valence-corrected chi connectivity index (χ2v) is 10.5. The van der Waals surface area contributed by atoms with Crippen molar-refractivity contribution in [3.63, 3.8) is 0 Å². The summed E-state index contributed by atoms with van der Waals surface area (Å²) in [7, 11) is -3.98. The Balaban J connectivity index is 2.49. The number of rotatable bonds is 11. The fourth-order valence-electron chi connectivity index (χ4n) is 3.65. The molecule has 190 valence electrons. The number of benzene rings is 2. The number of nitrogens with one attached hydrogen (secondary N) is 1. The molecule has 1 N–H and O–H groups in total. The van der Waals surface area contributed by atoms with Crippen LogP contribution in [-0.2, 0) is 26.2 Å². The maximum Gasteiger partial charge on any atom is 0.271 e. The zero-order valence-corrected chi connectivity index (χ0v) is 21.4. The zero-order chi connectivity index (χ0) is 26.3. The molecule has 0 heterocycles. The van der Waals surface area contributed by atoms with Gasteiger partial charge in [0.05, 0.1) is 16.9 Å². The number of hydrogen-bond donors (Lipinski definition) is 1. The number of carbonyl (C=O) groups excluding carboxylic acids is 2. The summed E-state index contributed by atoms with van der Waals surface area (Å²) < 4.78 is 26.0. The van der Waals surface area contributed by atoms with E-state index in [1.54, 1.807) is 6.92 Å². The number of anilines is 1. The van der Waals surface area contributed by atoms with E-state index in [2.05, 4.69) is 5.32 Å². The molecule has 2 aromatic carbocycles. The number of aryl methyl sites for hydroxylation is 1. The molecule has 0 fully saturated rings. The Hall–Kier alpha value is -3.47. The van der Waals surface area contributed by atoms with Gasteiger partial charge in [0.2, 0.25) is 21.8 Å². The van der Waals surface area contributed by atoms with Gasteiger partial charge < -0.3 is 10.2 Å². The lowest BCUT2D eigenvalue weighted by molar-refractivity contribution is -0.384. The molecule has 0 aliphatic carbocycles. The molecule has 1 atom stereocenters. The first kappa shape index (κ1) is 27.8. The highest BCUT2D eigenvalue weighted by Crippen LogP contribution is 2.24. The Bertz CT molecular complexity index is 1180. The van der Waals surface area contributed by atoms with Gasteiger partial charge in [-0.15, -0.1) is 0 Å². The van der Waals surface area contributed by atoms with Gasteiger partial charge in [-0.2, -0.15) is 0 Å². The van der Waals surface area contributed by atoms with E-state index in [4.69, 9.17) is 0 Å². The van der Waals surface area contributed by atoms with Crippen molar-refractivity contribution < 1.29 is 22.9 Å². The Morgan fingerprint density at radius 3 is 2.31 bits per heavy atom. The molecule has 10 nitrogen and oxygen atoms in total. The Kier molecular flexibility index (Phi) is 9.35. The average molecular weight is 505 g/mol. The van der Waals surface area contributed by atoms with E-state index in [1.807, 2.05) is 45.0 Å². The van der Waals surface area contributed by atoms with Gasteiger partial charge in [0.15, 0.2) is 0 Å². The molecule has 2 amide bonds. The van der Waals surface area contributed by atoms with Crippen molar-refractivity contribution in [1.29, 1.82) is 0 Å². The largest absolute Gasteiger partial charge is 0.352 e. The van der Waals surface area contributed by atoms with Crippen LogP contribution in [0, 0.1) is 17.0 Å². The minimum Gasteiger partial charge on any atom is -0.352 e. The highest BCUT2D eigenvalue weighted by atomic mass is 32.2. The third kappa shape index (κ3) is 7.51. The summed E-state index contributed by atoms with van der Waals surface area (Å²) in [5.41, 5.74) is 1.43. The predicted molar refractivity (Wildman–Crippen MR) is 134 cm³/mol. The molecule has 0 unspecified atom stereocenters. The van der Waals surface area contributed by atoms with E-state index in [-0.39, 0.29) is 29.9 Å². The Morgan fingerprint density at radius 2 is 1.77 bits per heavy atom. The number of sulfonamides is 1. The summed E-state index contributed by atoms with van der Waals surface area (Å²) in [5, 5.41) is 14.0. The van der Waals surface area contributed by atoms with Crippen LogP contribution >= 0.6 is 0 Å². The van der Waals surface area contributed by atoms with Crippen molar-refractivity contribution in [1.82, 2.24) is 10.2 Å². The van der Waals surface area contributed by atoms with Gasteiger partial charge in [-0.25, -0.2) is 8.42 Å². The van der Waals surface area contributed by atoms with Crippen molar-refractivity contribution in [2.24, 2.45) is 0 Å². The van der Waals surface area contributed by atoms with Crippen molar-refractivity contribution in [3.05, 3.63) is 69.8 Å². The average Bonchev–Trinajstić information content (AvgIpc) is 2.77. The van der Waals surface area contributed by atoms with E-state index < -0.39 is 33.4 Å². The van der Waals surface area contributed by atoms with Crippen LogP contribution in [0.4, 0.5) is 11.4 Å². The quantitative estimate of drug-likeness (QED) is 0.370. The number of non-ortho nitro benzene ring substituents is 1. The molecule has 0 saturated heterocycles. The van der Waals surface area contributed by atoms with E-state index in [1.165, 1.54) is 23.1 Å². The predicted octanol–water partition coefficient (Wildman–Crippen LogP) is 3.00. The SMILES string of the molecule is CC[C@H](C(=O)NC(C)C)N(Cc1ccccc1C)C(=O)CN(c1cccc([N+](=O)[O-])c1)S(C)(=O)=O. The molecule has 11 heteroatoms. The van der Waals surface area contributed by atoms with E-state index in [0.29, 0.717) is 6.42 Å². The number of amides is 2. The van der Waals surface area contributed by atoms with Gasteiger partial charge in [-0.1, -0.05) is 37.3 Å². The zero-order valence-electron chi connectivity index (χ0n) is 20.6. The molecular weight excluding hydrogens is 472 g/mol. The third-order valence-electron chi connectivity index (χ3n) is 5.43. The summed E-state index contributed by atoms with van der Waals surface area (Å²) in [5.74, 6) is -0.943. The molecule has 0 radical (unpaired) electrons. The van der Waals surface area contributed by atoms with Crippen molar-refractivity contribution in [3.8, 4) is 0 Å². The molecule has 0 spiro atoms. The first-order valence-corrected chi connectivity index (χ1v) is 13.1. The minimum atomic E-state index is -3.98. The number of nitro benzene ring substituents is 1. The molecule has 2 aromatic rings. The molecule has 2 rings (SSSR count). The lowest BCUT2D eigenvalue weighted by Gasteiger charge is -2.33. The van der Waals surface area contributed by atoms with Crippen molar-refractivity contribution >= 4 is 33.2 Å². The molecule has 0 aromatic heterocycles. The Labute approximate surface area is 206 Å². The van der Waals surface area contributed by atoms with Gasteiger partial charge in [-0.3, -0.25) is 24.0 Å². The van der Waals surface area contributed by atoms with Crippen LogP contribution in [-0.4, -0.2) is 54.9 Å². The third-order valence-corrected chi connectivity index (χ3v) is 6.57. The van der Waals surface area contributed by atoms with E-state index in [0.717, 1.165) is 27.8 Å². The van der Waals surface area contributed by atoms with E-state index in [9.17, 15) is 28.1 Å². The highest BCUT2D eigenvalue weighted by molar-refractivity contribution is 7.92. The standard InChI is InChI=1S/C24H32N4O6S/c1-6-22(24(30)25-17(2)3)26(15-19-11-8-7-10-18(19)4)23(29)16-27(35(5,33)34)20-12-9-13-21(14-20)28(31)32/h7-14,17,22H,6,15-16H2,1-5H3,(H,25,30)/t22-/m1/s1. The fourth-order valence-corrected chi connectivity index (χ4v) is 4.49. The fraction of sp³-hybridized carbons (Fsp3) is 0.417. The van der Waals surface area contributed by atoms with Crippen molar-refractivity contribution in [2.75, 3.05) is 17.1 Å². The lowest BCUT2D eigenvalue weighted by Crippen LogP contribution is -2.53. The summed E-state index contributed by atoms with van der Waals surface area (Å²) in [6, 6.07) is 11.5.